The SMILES string of the molecule is CCOC(CC)c1nc(-c2ccc(CC(=O)O)s2)cs1. The molecule has 0 saturated heterocycles. The minimum Gasteiger partial charge on any atom is -0.481 e. The molecule has 0 radical (unpaired) electrons. The van der Waals surface area contributed by atoms with E-state index in [0.29, 0.717) is 6.61 Å². The molecule has 0 amide bonds. The van der Waals surface area contributed by atoms with Crippen molar-refractivity contribution in [1.82, 2.24) is 4.98 Å². The zero-order valence-electron chi connectivity index (χ0n) is 11.5. The lowest BCUT2D eigenvalue weighted by Gasteiger charge is -2.10. The first-order valence-corrected chi connectivity index (χ1v) is 8.21. The van der Waals surface area contributed by atoms with Crippen LogP contribution in [-0.2, 0) is 16.0 Å². The van der Waals surface area contributed by atoms with Gasteiger partial charge in [-0.25, -0.2) is 4.98 Å². The maximum absolute atomic E-state index is 10.7. The van der Waals surface area contributed by atoms with Crippen molar-refractivity contribution >= 4 is 28.6 Å². The molecular formula is C14H17NO3S2. The average molecular weight is 311 g/mol. The molecule has 0 bridgehead atoms. The number of carbonyl (C=O) groups is 1. The van der Waals surface area contributed by atoms with Crippen LogP contribution in [0.1, 0.15) is 36.3 Å². The number of nitrogens with zero attached hydrogens (tertiary/aromatic N) is 1. The number of thiazole rings is 1. The van der Waals surface area contributed by atoms with Crippen molar-refractivity contribution in [2.45, 2.75) is 32.8 Å². The van der Waals surface area contributed by atoms with Crippen LogP contribution in [-0.4, -0.2) is 22.7 Å². The smallest absolute Gasteiger partial charge is 0.308 e. The Labute approximate surface area is 126 Å². The van der Waals surface area contributed by atoms with Gasteiger partial charge in [-0.2, -0.15) is 0 Å². The predicted molar refractivity (Wildman–Crippen MR) is 81.4 cm³/mol. The van der Waals surface area contributed by atoms with Crippen molar-refractivity contribution in [3.63, 3.8) is 0 Å². The maximum Gasteiger partial charge on any atom is 0.308 e. The summed E-state index contributed by atoms with van der Waals surface area (Å²) in [5.74, 6) is -0.806. The Hall–Kier alpha value is -1.24. The van der Waals surface area contributed by atoms with Crippen molar-refractivity contribution in [2.24, 2.45) is 0 Å². The van der Waals surface area contributed by atoms with Gasteiger partial charge in [-0.1, -0.05) is 6.92 Å². The van der Waals surface area contributed by atoms with E-state index in [1.54, 1.807) is 11.3 Å². The molecule has 1 atom stereocenters. The van der Waals surface area contributed by atoms with Crippen LogP contribution in [0.5, 0.6) is 0 Å². The van der Waals surface area contributed by atoms with Gasteiger partial charge in [0.25, 0.3) is 0 Å². The van der Waals surface area contributed by atoms with Crippen LogP contribution < -0.4 is 0 Å². The third kappa shape index (κ3) is 3.65. The molecule has 0 saturated carbocycles. The number of aliphatic carboxylic acids is 1. The molecule has 2 aromatic heterocycles. The number of hydrogen-bond donors (Lipinski definition) is 1. The molecule has 2 heterocycles. The number of carboxylic acids is 1. The highest BCUT2D eigenvalue weighted by atomic mass is 32.1. The van der Waals surface area contributed by atoms with Gasteiger partial charge in [0.05, 0.1) is 17.0 Å². The van der Waals surface area contributed by atoms with Crippen molar-refractivity contribution in [2.75, 3.05) is 6.61 Å². The number of hydrogen-bond acceptors (Lipinski definition) is 5. The molecule has 0 fully saturated rings. The molecule has 0 aliphatic heterocycles. The monoisotopic (exact) mass is 311 g/mol. The van der Waals surface area contributed by atoms with Crippen molar-refractivity contribution in [1.29, 1.82) is 0 Å². The Bertz CT molecular complexity index is 576. The summed E-state index contributed by atoms with van der Waals surface area (Å²) in [4.78, 5) is 17.2. The van der Waals surface area contributed by atoms with Crippen LogP contribution in [0.2, 0.25) is 0 Å². The summed E-state index contributed by atoms with van der Waals surface area (Å²) in [5, 5.41) is 11.8. The van der Waals surface area contributed by atoms with E-state index in [0.717, 1.165) is 26.9 Å². The molecule has 0 aliphatic carbocycles. The van der Waals surface area contributed by atoms with E-state index in [-0.39, 0.29) is 12.5 Å². The quantitative estimate of drug-likeness (QED) is 0.840. The second-order valence-electron chi connectivity index (χ2n) is 4.26. The van der Waals surface area contributed by atoms with Crippen molar-refractivity contribution < 1.29 is 14.6 Å². The maximum atomic E-state index is 10.7. The minimum absolute atomic E-state index is 0.0530. The van der Waals surface area contributed by atoms with E-state index >= 15 is 0 Å². The molecule has 4 nitrogen and oxygen atoms in total. The first kappa shape index (κ1) is 15.2. The molecule has 0 spiro atoms. The second-order valence-corrected chi connectivity index (χ2v) is 6.32. The van der Waals surface area contributed by atoms with Gasteiger partial charge in [-0.3, -0.25) is 4.79 Å². The van der Waals surface area contributed by atoms with Gasteiger partial charge in [0, 0.05) is 16.9 Å². The van der Waals surface area contributed by atoms with E-state index in [2.05, 4.69) is 11.9 Å². The van der Waals surface area contributed by atoms with E-state index in [1.807, 2.05) is 24.4 Å². The highest BCUT2D eigenvalue weighted by Crippen LogP contribution is 2.32. The summed E-state index contributed by atoms with van der Waals surface area (Å²) >= 11 is 3.08. The van der Waals surface area contributed by atoms with Gasteiger partial charge < -0.3 is 9.84 Å². The fraction of sp³-hybridized carbons (Fsp3) is 0.429. The lowest BCUT2D eigenvalue weighted by molar-refractivity contribution is -0.136. The number of ether oxygens (including phenoxy) is 1. The van der Waals surface area contributed by atoms with Gasteiger partial charge >= 0.3 is 5.97 Å². The second kappa shape index (κ2) is 6.97. The Morgan fingerprint density at radius 2 is 2.25 bits per heavy atom. The Morgan fingerprint density at radius 1 is 1.45 bits per heavy atom. The summed E-state index contributed by atoms with van der Waals surface area (Å²) in [7, 11) is 0. The molecule has 108 valence electrons. The summed E-state index contributed by atoms with van der Waals surface area (Å²) in [6, 6.07) is 3.79. The van der Waals surface area contributed by atoms with Gasteiger partial charge in [-0.05, 0) is 25.5 Å². The number of thiophene rings is 1. The zero-order chi connectivity index (χ0) is 14.5. The molecule has 20 heavy (non-hydrogen) atoms. The number of carboxylic acid groups (broad SMARTS) is 1. The summed E-state index contributed by atoms with van der Waals surface area (Å²) in [6.45, 7) is 4.74. The topological polar surface area (TPSA) is 59.4 Å². The fourth-order valence-electron chi connectivity index (χ4n) is 1.87. The standard InChI is InChI=1S/C14H17NO3S2/c1-3-11(18-4-2)14-15-10(8-19-14)12-6-5-9(20-12)7-13(16)17/h5-6,8,11H,3-4,7H2,1-2H3,(H,16,17). The normalized spacial score (nSPS) is 12.5. The van der Waals surface area contributed by atoms with Crippen molar-refractivity contribution in [3.05, 3.63) is 27.4 Å². The first-order valence-electron chi connectivity index (χ1n) is 6.51. The summed E-state index contributed by atoms with van der Waals surface area (Å²) in [6.07, 6.45) is 1.02. The highest BCUT2D eigenvalue weighted by Gasteiger charge is 2.15. The Kier molecular flexibility index (Phi) is 5.28. The largest absolute Gasteiger partial charge is 0.481 e. The predicted octanol–water partition coefficient (Wildman–Crippen LogP) is 3.99. The molecule has 2 rings (SSSR count). The molecular weight excluding hydrogens is 294 g/mol. The van der Waals surface area contributed by atoms with E-state index in [1.165, 1.54) is 11.3 Å². The average Bonchev–Trinajstić information content (AvgIpc) is 3.03. The summed E-state index contributed by atoms with van der Waals surface area (Å²) < 4.78 is 5.66. The van der Waals surface area contributed by atoms with Gasteiger partial charge in [-0.15, -0.1) is 22.7 Å². The minimum atomic E-state index is -0.806. The third-order valence-corrected chi connectivity index (χ3v) is 4.82. The number of aromatic nitrogens is 1. The molecule has 1 N–H and O–H groups in total. The Balaban J connectivity index is 2.15. The van der Waals surface area contributed by atoms with Crippen LogP contribution >= 0.6 is 22.7 Å². The van der Waals surface area contributed by atoms with E-state index < -0.39 is 5.97 Å². The van der Waals surface area contributed by atoms with Gasteiger partial charge in [0.2, 0.25) is 0 Å². The number of rotatable bonds is 7. The van der Waals surface area contributed by atoms with Crippen LogP contribution in [0.4, 0.5) is 0 Å². The van der Waals surface area contributed by atoms with Gasteiger partial charge in [0.15, 0.2) is 0 Å². The molecule has 6 heteroatoms. The lowest BCUT2D eigenvalue weighted by atomic mass is 10.3. The lowest BCUT2D eigenvalue weighted by Crippen LogP contribution is -2.02. The first-order chi connectivity index (χ1) is 9.63. The fourth-order valence-corrected chi connectivity index (χ4v) is 3.86. The third-order valence-electron chi connectivity index (χ3n) is 2.78. The van der Waals surface area contributed by atoms with Crippen LogP contribution in [0.3, 0.4) is 0 Å². The van der Waals surface area contributed by atoms with Gasteiger partial charge in [0.1, 0.15) is 11.1 Å². The van der Waals surface area contributed by atoms with Crippen LogP contribution in [0.15, 0.2) is 17.5 Å². The van der Waals surface area contributed by atoms with Crippen LogP contribution in [0, 0.1) is 0 Å². The zero-order valence-corrected chi connectivity index (χ0v) is 13.1. The summed E-state index contributed by atoms with van der Waals surface area (Å²) in [5.41, 5.74) is 0.907. The van der Waals surface area contributed by atoms with Crippen molar-refractivity contribution in [3.8, 4) is 10.6 Å². The molecule has 0 aromatic carbocycles. The van der Waals surface area contributed by atoms with E-state index in [9.17, 15) is 4.79 Å². The van der Waals surface area contributed by atoms with E-state index in [4.69, 9.17) is 9.84 Å². The Morgan fingerprint density at radius 3 is 2.90 bits per heavy atom. The van der Waals surface area contributed by atoms with Crippen LogP contribution in [0.25, 0.3) is 10.6 Å². The highest BCUT2D eigenvalue weighted by molar-refractivity contribution is 7.16. The molecule has 0 aliphatic rings. The molecule has 2 aromatic rings. The molecule has 1 unspecified atom stereocenters.